The van der Waals surface area contributed by atoms with E-state index in [1.165, 1.54) is 11.9 Å². The zero-order valence-electron chi connectivity index (χ0n) is 17.2. The lowest BCUT2D eigenvalue weighted by molar-refractivity contribution is -0.113. The molecule has 0 saturated carbocycles. The number of hydrogen-bond acceptors (Lipinski definition) is 4. The van der Waals surface area contributed by atoms with Gasteiger partial charge in [-0.3, -0.25) is 4.79 Å². The van der Waals surface area contributed by atoms with Crippen LogP contribution in [0.4, 0.5) is 11.6 Å². The van der Waals surface area contributed by atoms with Crippen molar-refractivity contribution in [3.63, 3.8) is 0 Å². The maximum atomic E-state index is 13.4. The number of aromatic nitrogens is 3. The van der Waals surface area contributed by atoms with E-state index in [0.29, 0.717) is 11.5 Å². The molecule has 1 aliphatic heterocycles. The normalized spacial score (nSPS) is 15.7. The molecule has 29 heavy (non-hydrogen) atoms. The summed E-state index contributed by atoms with van der Waals surface area (Å²) in [6, 6.07) is 13.9. The molecule has 0 radical (unpaired) electrons. The minimum atomic E-state index is -0.343. The third kappa shape index (κ3) is 3.42. The van der Waals surface area contributed by atoms with Crippen molar-refractivity contribution in [2.24, 2.45) is 0 Å². The largest absolute Gasteiger partial charge is 0.328 e. The monoisotopic (exact) mass is 387 g/mol. The molecule has 2 heterocycles. The minimum Gasteiger partial charge on any atom is -0.328 e. The number of fused-ring (bicyclic) bond motifs is 1. The van der Waals surface area contributed by atoms with Gasteiger partial charge in [-0.25, -0.2) is 4.68 Å². The van der Waals surface area contributed by atoms with Crippen LogP contribution in [0.15, 0.2) is 60.1 Å². The molecule has 0 spiro atoms. The number of aryl methyl sites for hydroxylation is 2. The number of benzene rings is 2. The van der Waals surface area contributed by atoms with Gasteiger partial charge in [0, 0.05) is 11.4 Å². The Morgan fingerprint density at radius 2 is 1.90 bits per heavy atom. The van der Waals surface area contributed by atoms with Crippen LogP contribution in [-0.4, -0.2) is 20.7 Å². The molecule has 6 heteroatoms. The first-order valence-corrected chi connectivity index (χ1v) is 9.83. The van der Waals surface area contributed by atoms with Crippen LogP contribution >= 0.6 is 0 Å². The lowest BCUT2D eigenvalue weighted by Gasteiger charge is -2.29. The highest BCUT2D eigenvalue weighted by Gasteiger charge is 2.33. The predicted octanol–water partition coefficient (Wildman–Crippen LogP) is 4.38. The summed E-state index contributed by atoms with van der Waals surface area (Å²) in [4.78, 5) is 17.7. The predicted molar refractivity (Wildman–Crippen MR) is 115 cm³/mol. The summed E-state index contributed by atoms with van der Waals surface area (Å²) in [5, 5.41) is 10.7. The lowest BCUT2D eigenvalue weighted by Crippen LogP contribution is -2.31. The molecule has 0 saturated heterocycles. The second-order valence-corrected chi connectivity index (χ2v) is 7.39. The molecule has 0 fully saturated rings. The fourth-order valence-electron chi connectivity index (χ4n) is 3.71. The van der Waals surface area contributed by atoms with E-state index in [4.69, 9.17) is 0 Å². The van der Waals surface area contributed by atoms with Crippen molar-refractivity contribution in [1.29, 1.82) is 0 Å². The van der Waals surface area contributed by atoms with Crippen LogP contribution < -0.4 is 10.6 Å². The van der Waals surface area contributed by atoms with Crippen LogP contribution in [0, 0.1) is 13.8 Å². The number of nitrogens with one attached hydrogen (secondary N) is 2. The van der Waals surface area contributed by atoms with Gasteiger partial charge >= 0.3 is 0 Å². The molecule has 4 rings (SSSR count). The van der Waals surface area contributed by atoms with Gasteiger partial charge in [-0.2, -0.15) is 10.1 Å². The van der Waals surface area contributed by atoms with E-state index >= 15 is 0 Å². The average molecular weight is 387 g/mol. The first kappa shape index (κ1) is 18.9. The van der Waals surface area contributed by atoms with E-state index < -0.39 is 0 Å². The number of rotatable bonds is 4. The standard InChI is InChI=1S/C23H25N5O/c1-5-17-9-11-18(12-10-17)21-20(16(4)26-23-24-13-25-28(21)23)22(29)27-19-8-6-7-14(2)15(19)3/h6-13,21H,5H2,1-4H3,(H,27,29)(H,24,25,26). The molecule has 1 atom stereocenters. The van der Waals surface area contributed by atoms with Crippen LogP contribution in [0.2, 0.25) is 0 Å². The van der Waals surface area contributed by atoms with Gasteiger partial charge in [-0.05, 0) is 55.5 Å². The second kappa shape index (κ2) is 7.54. The van der Waals surface area contributed by atoms with Crippen molar-refractivity contribution >= 4 is 17.5 Å². The van der Waals surface area contributed by atoms with Crippen LogP contribution in [-0.2, 0) is 11.2 Å². The summed E-state index contributed by atoms with van der Waals surface area (Å²) in [6.45, 7) is 8.09. The summed E-state index contributed by atoms with van der Waals surface area (Å²) < 4.78 is 1.77. The maximum Gasteiger partial charge on any atom is 0.255 e. The fourth-order valence-corrected chi connectivity index (χ4v) is 3.71. The van der Waals surface area contributed by atoms with Crippen molar-refractivity contribution in [1.82, 2.24) is 14.8 Å². The van der Waals surface area contributed by atoms with Gasteiger partial charge in [-0.15, -0.1) is 0 Å². The molecule has 1 aliphatic rings. The number of carbonyl (C=O) groups excluding carboxylic acids is 1. The summed E-state index contributed by atoms with van der Waals surface area (Å²) >= 11 is 0. The highest BCUT2D eigenvalue weighted by Crippen LogP contribution is 2.35. The van der Waals surface area contributed by atoms with Gasteiger partial charge in [-0.1, -0.05) is 43.3 Å². The van der Waals surface area contributed by atoms with Crippen molar-refractivity contribution in [2.45, 2.75) is 40.2 Å². The van der Waals surface area contributed by atoms with E-state index in [1.54, 1.807) is 4.68 Å². The van der Waals surface area contributed by atoms with E-state index in [9.17, 15) is 4.79 Å². The van der Waals surface area contributed by atoms with Crippen LogP contribution in [0.5, 0.6) is 0 Å². The second-order valence-electron chi connectivity index (χ2n) is 7.39. The zero-order chi connectivity index (χ0) is 20.5. The van der Waals surface area contributed by atoms with Crippen molar-refractivity contribution in [3.8, 4) is 0 Å². The maximum absolute atomic E-state index is 13.4. The van der Waals surface area contributed by atoms with Gasteiger partial charge in [0.2, 0.25) is 5.95 Å². The Balaban J connectivity index is 1.76. The summed E-state index contributed by atoms with van der Waals surface area (Å²) in [7, 11) is 0. The van der Waals surface area contributed by atoms with E-state index in [2.05, 4.69) is 51.9 Å². The minimum absolute atomic E-state index is 0.144. The number of amides is 1. The number of hydrogen-bond donors (Lipinski definition) is 2. The number of anilines is 2. The molecule has 0 bridgehead atoms. The molecule has 1 unspecified atom stereocenters. The Bertz CT molecular complexity index is 1090. The van der Waals surface area contributed by atoms with E-state index in [0.717, 1.165) is 34.5 Å². The van der Waals surface area contributed by atoms with Gasteiger partial charge in [0.05, 0.1) is 5.57 Å². The van der Waals surface area contributed by atoms with Crippen LogP contribution in [0.3, 0.4) is 0 Å². The number of nitrogens with zero attached hydrogens (tertiary/aromatic N) is 3. The van der Waals surface area contributed by atoms with Gasteiger partial charge in [0.1, 0.15) is 12.4 Å². The molecule has 0 aliphatic carbocycles. The van der Waals surface area contributed by atoms with E-state index in [1.807, 2.05) is 39.0 Å². The van der Waals surface area contributed by atoms with Gasteiger partial charge < -0.3 is 10.6 Å². The van der Waals surface area contributed by atoms with Crippen molar-refractivity contribution in [2.75, 3.05) is 10.6 Å². The highest BCUT2D eigenvalue weighted by atomic mass is 16.1. The van der Waals surface area contributed by atoms with Crippen LogP contribution in [0.25, 0.3) is 0 Å². The van der Waals surface area contributed by atoms with Crippen molar-refractivity contribution in [3.05, 3.63) is 82.3 Å². The van der Waals surface area contributed by atoms with Gasteiger partial charge in [0.25, 0.3) is 5.91 Å². The van der Waals surface area contributed by atoms with Gasteiger partial charge in [0.15, 0.2) is 0 Å². The van der Waals surface area contributed by atoms with Crippen molar-refractivity contribution < 1.29 is 4.79 Å². The molecule has 1 aromatic heterocycles. The lowest BCUT2D eigenvalue weighted by atomic mass is 9.94. The fraction of sp³-hybridized carbons (Fsp3) is 0.261. The smallest absolute Gasteiger partial charge is 0.255 e. The number of carbonyl (C=O) groups is 1. The summed E-state index contributed by atoms with van der Waals surface area (Å²) in [5.41, 5.74) is 6.68. The van der Waals surface area contributed by atoms with E-state index in [-0.39, 0.29) is 11.9 Å². The summed E-state index contributed by atoms with van der Waals surface area (Å²) in [5.74, 6) is 0.491. The zero-order valence-corrected chi connectivity index (χ0v) is 17.2. The Kier molecular flexibility index (Phi) is 4.92. The highest BCUT2D eigenvalue weighted by molar-refractivity contribution is 6.06. The third-order valence-electron chi connectivity index (χ3n) is 5.60. The molecule has 1 amide bonds. The molecular weight excluding hydrogens is 362 g/mol. The summed E-state index contributed by atoms with van der Waals surface area (Å²) in [6.07, 6.45) is 2.48. The Hall–Kier alpha value is -3.41. The Morgan fingerprint density at radius 1 is 1.14 bits per heavy atom. The van der Waals surface area contributed by atoms with Crippen LogP contribution in [0.1, 0.15) is 42.1 Å². The first-order chi connectivity index (χ1) is 14.0. The third-order valence-corrected chi connectivity index (χ3v) is 5.60. The first-order valence-electron chi connectivity index (χ1n) is 9.83. The molecule has 6 nitrogen and oxygen atoms in total. The molecule has 148 valence electrons. The SMILES string of the molecule is CCc1ccc(C2C(C(=O)Nc3cccc(C)c3C)=C(C)Nc3ncnn32)cc1. The molecule has 2 aromatic carbocycles. The number of allylic oxidation sites excluding steroid dienone is 1. The Labute approximate surface area is 170 Å². The Morgan fingerprint density at radius 3 is 2.62 bits per heavy atom. The average Bonchev–Trinajstić information content (AvgIpc) is 3.18. The topological polar surface area (TPSA) is 71.8 Å². The quantitative estimate of drug-likeness (QED) is 0.697. The molecule has 2 N–H and O–H groups in total. The molecular formula is C23H25N5O. The molecule has 3 aromatic rings.